The Kier molecular flexibility index (Phi) is 11.0. The third kappa shape index (κ3) is 7.78. The molecule has 0 saturated heterocycles. The molecule has 1 N–H and O–H groups in total. The van der Waals surface area contributed by atoms with Gasteiger partial charge in [-0.2, -0.15) is 0 Å². The lowest BCUT2D eigenvalue weighted by Gasteiger charge is -2.13. The quantitative estimate of drug-likeness (QED) is 0.180. The number of hydrogen-bond acceptors (Lipinski definition) is 8. The lowest BCUT2D eigenvalue weighted by atomic mass is 10.1. The highest BCUT2D eigenvalue weighted by molar-refractivity contribution is 7.18. The van der Waals surface area contributed by atoms with Crippen molar-refractivity contribution < 1.29 is 33.3 Å². The van der Waals surface area contributed by atoms with Crippen molar-refractivity contribution in [2.45, 2.75) is 40.4 Å². The average Bonchev–Trinajstić information content (AvgIpc) is 3.22. The van der Waals surface area contributed by atoms with E-state index in [1.54, 1.807) is 70.2 Å². The molecule has 11 heteroatoms. The number of amides is 1. The molecule has 1 heterocycles. The summed E-state index contributed by atoms with van der Waals surface area (Å²) in [5.41, 5.74) is 1.81. The first-order chi connectivity index (χ1) is 19.0. The zero-order valence-corrected chi connectivity index (χ0v) is 25.0. The number of anilines is 1. The highest BCUT2D eigenvalue weighted by atomic mass is 35.5. The van der Waals surface area contributed by atoms with Crippen molar-refractivity contribution in [3.8, 4) is 11.5 Å². The molecule has 3 rings (SSSR count). The number of hydrogen-bond donors (Lipinski definition) is 1. The molecule has 2 aromatic carbocycles. The van der Waals surface area contributed by atoms with E-state index in [2.05, 4.69) is 5.32 Å². The average molecular weight is 607 g/mol. The van der Waals surface area contributed by atoms with Crippen molar-refractivity contribution in [1.29, 1.82) is 0 Å². The van der Waals surface area contributed by atoms with E-state index in [1.165, 1.54) is 13.2 Å². The number of thiophene rings is 1. The first kappa shape index (κ1) is 31.0. The molecule has 1 aromatic heterocycles. The van der Waals surface area contributed by atoms with Crippen LogP contribution < -0.4 is 14.8 Å². The van der Waals surface area contributed by atoms with E-state index < -0.39 is 17.8 Å². The van der Waals surface area contributed by atoms with E-state index in [4.69, 9.17) is 42.1 Å². The van der Waals surface area contributed by atoms with Gasteiger partial charge in [0.15, 0.2) is 11.5 Å². The highest BCUT2D eigenvalue weighted by Gasteiger charge is 2.27. The molecule has 0 spiro atoms. The first-order valence-corrected chi connectivity index (χ1v) is 13.9. The molecule has 8 nitrogen and oxygen atoms in total. The fraction of sp³-hybridized carbons (Fsp3) is 0.276. The monoisotopic (exact) mass is 605 g/mol. The Labute approximate surface area is 246 Å². The maximum absolute atomic E-state index is 12.8. The van der Waals surface area contributed by atoms with E-state index >= 15 is 0 Å². The molecule has 0 aliphatic carbocycles. The smallest absolute Gasteiger partial charge is 0.348 e. The first-order valence-electron chi connectivity index (χ1n) is 12.3. The van der Waals surface area contributed by atoms with Gasteiger partial charge in [-0.3, -0.25) is 4.79 Å². The van der Waals surface area contributed by atoms with Gasteiger partial charge in [0.25, 0.3) is 0 Å². The predicted molar refractivity (Wildman–Crippen MR) is 157 cm³/mol. The number of rotatable bonds is 11. The maximum atomic E-state index is 12.8. The van der Waals surface area contributed by atoms with Crippen molar-refractivity contribution >= 4 is 63.5 Å². The molecule has 0 saturated carbocycles. The second kappa shape index (κ2) is 14.2. The number of esters is 2. The minimum Gasteiger partial charge on any atom is -0.493 e. The van der Waals surface area contributed by atoms with Crippen LogP contribution in [0.3, 0.4) is 0 Å². The Balaban J connectivity index is 1.77. The van der Waals surface area contributed by atoms with Crippen LogP contribution in [0.1, 0.15) is 57.5 Å². The number of carbonyl (C=O) groups excluding carboxylic acids is 3. The normalized spacial score (nSPS) is 11.0. The summed E-state index contributed by atoms with van der Waals surface area (Å²) in [4.78, 5) is 38.2. The fourth-order valence-corrected chi connectivity index (χ4v) is 5.15. The van der Waals surface area contributed by atoms with Gasteiger partial charge in [-0.15, -0.1) is 11.3 Å². The van der Waals surface area contributed by atoms with Crippen LogP contribution in [0.4, 0.5) is 5.00 Å². The molecule has 3 aromatic rings. The van der Waals surface area contributed by atoms with E-state index in [9.17, 15) is 14.4 Å². The zero-order chi connectivity index (χ0) is 29.4. The second-order valence-electron chi connectivity index (χ2n) is 8.66. The van der Waals surface area contributed by atoms with Gasteiger partial charge in [-0.1, -0.05) is 35.3 Å². The largest absolute Gasteiger partial charge is 0.493 e. The van der Waals surface area contributed by atoms with Crippen molar-refractivity contribution in [3.63, 3.8) is 0 Å². The summed E-state index contributed by atoms with van der Waals surface area (Å²) in [6, 6.07) is 10.4. The van der Waals surface area contributed by atoms with Crippen LogP contribution in [0, 0.1) is 6.92 Å². The van der Waals surface area contributed by atoms with Crippen LogP contribution in [-0.4, -0.2) is 37.7 Å². The molecule has 1 amide bonds. The molecular formula is C29H29Cl2NO7S. The minimum absolute atomic E-state index is 0.117. The molecule has 0 unspecified atom stereocenters. The molecule has 40 heavy (non-hydrogen) atoms. The summed E-state index contributed by atoms with van der Waals surface area (Å²) < 4.78 is 21.7. The van der Waals surface area contributed by atoms with Gasteiger partial charge in [0.2, 0.25) is 5.91 Å². The number of benzene rings is 2. The Morgan fingerprint density at radius 1 is 1.05 bits per heavy atom. The second-order valence-corrected chi connectivity index (χ2v) is 10.5. The van der Waals surface area contributed by atoms with Gasteiger partial charge >= 0.3 is 11.9 Å². The van der Waals surface area contributed by atoms with E-state index in [0.717, 1.165) is 11.3 Å². The van der Waals surface area contributed by atoms with Gasteiger partial charge < -0.3 is 24.3 Å². The molecule has 0 bridgehead atoms. The van der Waals surface area contributed by atoms with E-state index in [0.29, 0.717) is 38.2 Å². The third-order valence-corrected chi connectivity index (χ3v) is 7.34. The number of halogens is 2. The van der Waals surface area contributed by atoms with Gasteiger partial charge in [0.1, 0.15) is 16.5 Å². The molecule has 212 valence electrons. The summed E-state index contributed by atoms with van der Waals surface area (Å²) in [6.07, 6.45) is 2.53. The van der Waals surface area contributed by atoms with Crippen molar-refractivity contribution in [1.82, 2.24) is 0 Å². The Morgan fingerprint density at radius 3 is 2.38 bits per heavy atom. The highest BCUT2D eigenvalue weighted by Crippen LogP contribution is 2.35. The Bertz CT molecular complexity index is 1410. The zero-order valence-electron chi connectivity index (χ0n) is 22.6. The molecule has 0 aliphatic rings. The van der Waals surface area contributed by atoms with Crippen molar-refractivity contribution in [3.05, 3.63) is 79.7 Å². The van der Waals surface area contributed by atoms with Crippen LogP contribution in [0.25, 0.3) is 6.08 Å². The number of ether oxygens (including phenoxy) is 4. The van der Waals surface area contributed by atoms with Gasteiger partial charge in [-0.05, 0) is 69.2 Å². The van der Waals surface area contributed by atoms with Crippen LogP contribution in [0.5, 0.6) is 11.5 Å². The Hall–Kier alpha value is -3.53. The number of carbonyl (C=O) groups is 3. The summed E-state index contributed by atoms with van der Waals surface area (Å²) in [7, 11) is 1.50. The van der Waals surface area contributed by atoms with E-state index in [1.807, 2.05) is 0 Å². The van der Waals surface area contributed by atoms with Gasteiger partial charge in [0.05, 0.1) is 25.4 Å². The summed E-state index contributed by atoms with van der Waals surface area (Å²) in [5, 5.41) is 3.86. The van der Waals surface area contributed by atoms with Gasteiger partial charge in [0, 0.05) is 21.7 Å². The SMILES string of the molecule is CCOC(=O)c1c(NC(=O)/C=C/c2ccc(OCc3c(Cl)cccc3Cl)c(OC)c2)sc(C(=O)OC(C)C)c1C. The van der Waals surface area contributed by atoms with Crippen molar-refractivity contribution in [2.75, 3.05) is 19.0 Å². The van der Waals surface area contributed by atoms with Crippen molar-refractivity contribution in [2.24, 2.45) is 0 Å². The van der Waals surface area contributed by atoms with Crippen LogP contribution >= 0.6 is 34.5 Å². The maximum Gasteiger partial charge on any atom is 0.348 e. The third-order valence-electron chi connectivity index (χ3n) is 5.44. The van der Waals surface area contributed by atoms with E-state index in [-0.39, 0.29) is 34.8 Å². The predicted octanol–water partition coefficient (Wildman–Crippen LogP) is 7.34. The standard InChI is InChI=1S/C29H29Cl2NO7S/c1-6-37-28(34)25-17(4)26(29(35)39-16(2)3)40-27(25)32-24(33)13-11-18-10-12-22(23(14-18)36-5)38-15-19-20(30)8-7-9-21(19)31/h7-14,16H,6,15H2,1-5H3,(H,32,33)/b13-11+. The molecule has 0 fully saturated rings. The molecule has 0 radical (unpaired) electrons. The van der Waals surface area contributed by atoms with Gasteiger partial charge in [-0.25, -0.2) is 9.59 Å². The van der Waals surface area contributed by atoms with Crippen LogP contribution in [0.15, 0.2) is 42.5 Å². The minimum atomic E-state index is -0.641. The number of nitrogens with one attached hydrogen (secondary N) is 1. The summed E-state index contributed by atoms with van der Waals surface area (Å²) in [6.45, 7) is 7.01. The Morgan fingerprint density at radius 2 is 1.75 bits per heavy atom. The summed E-state index contributed by atoms with van der Waals surface area (Å²) >= 11 is 13.4. The lowest BCUT2D eigenvalue weighted by molar-refractivity contribution is -0.111. The molecule has 0 atom stereocenters. The molecular weight excluding hydrogens is 577 g/mol. The fourth-order valence-electron chi connectivity index (χ4n) is 3.57. The topological polar surface area (TPSA) is 100 Å². The van der Waals surface area contributed by atoms with Crippen LogP contribution in [0.2, 0.25) is 10.0 Å². The number of methoxy groups -OCH3 is 1. The van der Waals surface area contributed by atoms with Crippen LogP contribution in [-0.2, 0) is 20.9 Å². The molecule has 0 aliphatic heterocycles. The summed E-state index contributed by atoms with van der Waals surface area (Å²) in [5.74, 6) is -0.822. The lowest BCUT2D eigenvalue weighted by Crippen LogP contribution is -2.13.